The van der Waals surface area contributed by atoms with Crippen LogP contribution in [0.2, 0.25) is 0 Å². The third-order valence-electron chi connectivity index (χ3n) is 2.52. The summed E-state index contributed by atoms with van der Waals surface area (Å²) in [7, 11) is 0. The summed E-state index contributed by atoms with van der Waals surface area (Å²) in [6.07, 6.45) is 0. The molecule has 4 nitrogen and oxygen atoms in total. The Kier molecular flexibility index (Phi) is 4.00. The number of ether oxygens (including phenoxy) is 1. The highest BCUT2D eigenvalue weighted by Gasteiger charge is 2.12. The zero-order chi connectivity index (χ0) is 13.1. The number of nitrogens with one attached hydrogen (secondary N) is 1. The molecular formula is C13H13IN2O2. The van der Waals surface area contributed by atoms with Crippen molar-refractivity contribution in [2.24, 2.45) is 0 Å². The molecule has 0 amide bonds. The van der Waals surface area contributed by atoms with E-state index in [4.69, 9.17) is 4.74 Å². The van der Waals surface area contributed by atoms with E-state index in [1.54, 1.807) is 19.1 Å². The lowest BCUT2D eigenvalue weighted by Gasteiger charge is -2.03. The van der Waals surface area contributed by atoms with Crippen LogP contribution in [-0.2, 0) is 4.74 Å². The molecule has 0 aliphatic rings. The summed E-state index contributed by atoms with van der Waals surface area (Å²) in [5, 5.41) is 7.18. The predicted molar refractivity (Wildman–Crippen MR) is 77.4 cm³/mol. The van der Waals surface area contributed by atoms with E-state index in [1.165, 1.54) is 0 Å². The van der Waals surface area contributed by atoms with E-state index in [0.717, 1.165) is 20.5 Å². The molecule has 0 bridgehead atoms. The fourth-order valence-electron chi connectivity index (χ4n) is 1.61. The van der Waals surface area contributed by atoms with E-state index in [-0.39, 0.29) is 5.97 Å². The van der Waals surface area contributed by atoms with Crippen molar-refractivity contribution in [3.8, 4) is 11.3 Å². The number of benzene rings is 1. The van der Waals surface area contributed by atoms with Gasteiger partial charge in [0.1, 0.15) is 5.69 Å². The molecule has 1 N–H and O–H groups in total. The lowest BCUT2D eigenvalue weighted by atomic mass is 10.1. The average Bonchev–Trinajstić information content (AvgIpc) is 2.71. The highest BCUT2D eigenvalue weighted by Crippen LogP contribution is 2.25. The van der Waals surface area contributed by atoms with Crippen LogP contribution in [0.5, 0.6) is 0 Å². The van der Waals surface area contributed by atoms with Gasteiger partial charge in [-0.15, -0.1) is 0 Å². The fraction of sp³-hybridized carbons (Fsp3) is 0.231. The first-order valence-electron chi connectivity index (χ1n) is 5.61. The lowest BCUT2D eigenvalue weighted by Crippen LogP contribution is -2.04. The summed E-state index contributed by atoms with van der Waals surface area (Å²) in [5.74, 6) is -0.304. The molecule has 0 spiro atoms. The molecule has 18 heavy (non-hydrogen) atoms. The van der Waals surface area contributed by atoms with Crippen molar-refractivity contribution in [2.75, 3.05) is 6.61 Å². The highest BCUT2D eigenvalue weighted by atomic mass is 127. The predicted octanol–water partition coefficient (Wildman–Crippen LogP) is 3.17. The molecular weight excluding hydrogens is 343 g/mol. The van der Waals surface area contributed by atoms with Gasteiger partial charge in [-0.25, -0.2) is 4.79 Å². The Balaban J connectivity index is 2.38. The van der Waals surface area contributed by atoms with Gasteiger partial charge < -0.3 is 4.74 Å². The van der Waals surface area contributed by atoms with Crippen LogP contribution in [0.3, 0.4) is 0 Å². The first-order chi connectivity index (χ1) is 8.63. The fourth-order valence-corrected chi connectivity index (χ4v) is 2.17. The first kappa shape index (κ1) is 13.1. The average molecular weight is 356 g/mol. The number of hydrogen-bond donors (Lipinski definition) is 1. The molecule has 1 aromatic heterocycles. The van der Waals surface area contributed by atoms with Crippen LogP contribution in [0.15, 0.2) is 24.3 Å². The SMILES string of the molecule is CCOC(=O)c1cccc(-c2n[nH]c(C)c2I)c1. The van der Waals surface area contributed by atoms with E-state index in [1.807, 2.05) is 19.1 Å². The first-order valence-corrected chi connectivity index (χ1v) is 6.69. The third-order valence-corrected chi connectivity index (χ3v) is 3.84. The number of aryl methyl sites for hydroxylation is 1. The van der Waals surface area contributed by atoms with Gasteiger partial charge in [-0.1, -0.05) is 12.1 Å². The van der Waals surface area contributed by atoms with Crippen molar-refractivity contribution in [2.45, 2.75) is 13.8 Å². The van der Waals surface area contributed by atoms with E-state index in [9.17, 15) is 4.79 Å². The molecule has 0 saturated carbocycles. The quantitative estimate of drug-likeness (QED) is 0.679. The van der Waals surface area contributed by atoms with Crippen LogP contribution < -0.4 is 0 Å². The second-order valence-corrected chi connectivity index (χ2v) is 4.89. The number of hydrogen-bond acceptors (Lipinski definition) is 3. The second-order valence-electron chi connectivity index (χ2n) is 3.81. The van der Waals surface area contributed by atoms with Gasteiger partial charge in [-0.05, 0) is 48.6 Å². The molecule has 0 fully saturated rings. The summed E-state index contributed by atoms with van der Waals surface area (Å²) < 4.78 is 6.05. The number of aromatic amines is 1. The summed E-state index contributed by atoms with van der Waals surface area (Å²) in [6.45, 7) is 4.14. The molecule has 0 radical (unpaired) electrons. The Bertz CT molecular complexity index is 578. The number of nitrogens with zero attached hydrogens (tertiary/aromatic N) is 1. The minimum atomic E-state index is -0.304. The van der Waals surface area contributed by atoms with E-state index < -0.39 is 0 Å². The molecule has 0 aliphatic heterocycles. The van der Waals surface area contributed by atoms with Crippen LogP contribution in [0.25, 0.3) is 11.3 Å². The van der Waals surface area contributed by atoms with Gasteiger partial charge in [0.05, 0.1) is 15.7 Å². The second kappa shape index (κ2) is 5.51. The molecule has 0 saturated heterocycles. The zero-order valence-electron chi connectivity index (χ0n) is 10.2. The Morgan fingerprint density at radius 2 is 2.28 bits per heavy atom. The Morgan fingerprint density at radius 1 is 1.50 bits per heavy atom. The largest absolute Gasteiger partial charge is 0.462 e. The number of rotatable bonds is 3. The van der Waals surface area contributed by atoms with Gasteiger partial charge in [-0.3, -0.25) is 5.10 Å². The molecule has 94 valence electrons. The number of halogens is 1. The van der Waals surface area contributed by atoms with E-state index >= 15 is 0 Å². The number of carbonyl (C=O) groups excluding carboxylic acids is 1. The summed E-state index contributed by atoms with van der Waals surface area (Å²) in [6, 6.07) is 7.31. The van der Waals surface area contributed by atoms with Gasteiger partial charge in [0.25, 0.3) is 0 Å². The minimum absolute atomic E-state index is 0.304. The summed E-state index contributed by atoms with van der Waals surface area (Å²) in [4.78, 5) is 11.7. The van der Waals surface area contributed by atoms with E-state index in [2.05, 4.69) is 32.8 Å². The standard InChI is InChI=1S/C13H13IN2O2/c1-3-18-13(17)10-6-4-5-9(7-10)12-11(14)8(2)15-16-12/h4-7H,3H2,1-2H3,(H,15,16). The van der Waals surface area contributed by atoms with Crippen molar-refractivity contribution >= 4 is 28.6 Å². The number of aromatic nitrogens is 2. The van der Waals surface area contributed by atoms with Crippen molar-refractivity contribution in [1.82, 2.24) is 10.2 Å². The van der Waals surface area contributed by atoms with Crippen molar-refractivity contribution in [3.05, 3.63) is 39.1 Å². The smallest absolute Gasteiger partial charge is 0.338 e. The molecule has 0 atom stereocenters. The van der Waals surface area contributed by atoms with Gasteiger partial charge >= 0.3 is 5.97 Å². The number of esters is 1. The van der Waals surface area contributed by atoms with Crippen molar-refractivity contribution in [3.63, 3.8) is 0 Å². The molecule has 5 heteroatoms. The monoisotopic (exact) mass is 356 g/mol. The topological polar surface area (TPSA) is 55.0 Å². The number of H-pyrrole nitrogens is 1. The lowest BCUT2D eigenvalue weighted by molar-refractivity contribution is 0.0526. The minimum Gasteiger partial charge on any atom is -0.462 e. The highest BCUT2D eigenvalue weighted by molar-refractivity contribution is 14.1. The summed E-state index contributed by atoms with van der Waals surface area (Å²) in [5.41, 5.74) is 3.34. The Morgan fingerprint density at radius 3 is 2.89 bits per heavy atom. The molecule has 1 heterocycles. The Labute approximate surface area is 119 Å². The van der Waals surface area contributed by atoms with Crippen LogP contribution in [0.4, 0.5) is 0 Å². The van der Waals surface area contributed by atoms with Crippen LogP contribution in [-0.4, -0.2) is 22.8 Å². The third kappa shape index (κ3) is 2.55. The summed E-state index contributed by atoms with van der Waals surface area (Å²) >= 11 is 2.24. The maximum Gasteiger partial charge on any atom is 0.338 e. The van der Waals surface area contributed by atoms with Gasteiger partial charge in [0.15, 0.2) is 0 Å². The normalized spacial score (nSPS) is 10.4. The molecule has 0 unspecified atom stereocenters. The Hall–Kier alpha value is -1.37. The van der Waals surface area contributed by atoms with Gasteiger partial charge in [-0.2, -0.15) is 5.10 Å². The van der Waals surface area contributed by atoms with Gasteiger partial charge in [0, 0.05) is 11.3 Å². The van der Waals surface area contributed by atoms with Crippen LogP contribution in [0.1, 0.15) is 23.0 Å². The molecule has 2 aromatic rings. The zero-order valence-corrected chi connectivity index (χ0v) is 12.3. The molecule has 2 rings (SSSR count). The molecule has 1 aromatic carbocycles. The maximum atomic E-state index is 11.7. The molecule has 0 aliphatic carbocycles. The number of carbonyl (C=O) groups is 1. The van der Waals surface area contributed by atoms with Crippen LogP contribution in [0, 0.1) is 10.5 Å². The van der Waals surface area contributed by atoms with E-state index in [0.29, 0.717) is 12.2 Å². The van der Waals surface area contributed by atoms with Crippen molar-refractivity contribution in [1.29, 1.82) is 0 Å². The van der Waals surface area contributed by atoms with Crippen molar-refractivity contribution < 1.29 is 9.53 Å². The maximum absolute atomic E-state index is 11.7. The van der Waals surface area contributed by atoms with Crippen LogP contribution >= 0.6 is 22.6 Å². The van der Waals surface area contributed by atoms with Gasteiger partial charge in [0.2, 0.25) is 0 Å².